The lowest BCUT2D eigenvalue weighted by atomic mass is 9.94. The maximum atomic E-state index is 12.7. The van der Waals surface area contributed by atoms with Crippen molar-refractivity contribution in [3.05, 3.63) is 22.5 Å². The molecule has 0 saturated carbocycles. The summed E-state index contributed by atoms with van der Waals surface area (Å²) in [4.78, 5) is 43.4. The zero-order chi connectivity index (χ0) is 20.1. The first-order valence-corrected chi connectivity index (χ1v) is 8.26. The fraction of sp³-hybridized carbons (Fsp3) is 0.688. The second-order valence-electron chi connectivity index (χ2n) is 7.12. The van der Waals surface area contributed by atoms with Crippen LogP contribution in [0, 0.1) is 10.1 Å². The Kier molecular flexibility index (Phi) is 7.13. The summed E-state index contributed by atoms with van der Waals surface area (Å²) in [5, 5.41) is 14.0. The summed E-state index contributed by atoms with van der Waals surface area (Å²) in [5.41, 5.74) is 0.952. The first-order valence-electron chi connectivity index (χ1n) is 8.26. The molecule has 0 spiro atoms. The van der Waals surface area contributed by atoms with Crippen molar-refractivity contribution in [3.63, 3.8) is 0 Å². The number of imidazole rings is 1. The summed E-state index contributed by atoms with van der Waals surface area (Å²) in [6.45, 7) is 10.4. The number of carbonyl (C=O) groups excluding carboxylic acids is 2. The van der Waals surface area contributed by atoms with E-state index >= 15 is 0 Å². The van der Waals surface area contributed by atoms with E-state index < -0.39 is 22.0 Å². The van der Waals surface area contributed by atoms with Gasteiger partial charge in [-0.05, 0) is 46.5 Å². The van der Waals surface area contributed by atoms with E-state index in [-0.39, 0.29) is 24.1 Å². The van der Waals surface area contributed by atoms with Gasteiger partial charge in [0.05, 0.1) is 17.7 Å². The van der Waals surface area contributed by atoms with Crippen molar-refractivity contribution in [2.75, 3.05) is 13.2 Å². The molecule has 26 heavy (non-hydrogen) atoms. The molecule has 0 saturated heterocycles. The summed E-state index contributed by atoms with van der Waals surface area (Å²) < 4.78 is 1.24. The molecule has 1 rings (SSSR count). The van der Waals surface area contributed by atoms with Gasteiger partial charge in [-0.15, -0.1) is 0 Å². The van der Waals surface area contributed by atoms with Gasteiger partial charge in [0.25, 0.3) is 0 Å². The van der Waals surface area contributed by atoms with Crippen molar-refractivity contribution in [1.82, 2.24) is 20.3 Å². The van der Waals surface area contributed by atoms with E-state index in [0.717, 1.165) is 0 Å². The van der Waals surface area contributed by atoms with Crippen LogP contribution in [-0.2, 0) is 14.4 Å². The van der Waals surface area contributed by atoms with Gasteiger partial charge in [0.2, 0.25) is 0 Å². The molecular weight excluding hydrogens is 342 g/mol. The normalized spacial score (nSPS) is 13.5. The number of aromatic nitrogens is 2. The third-order valence-corrected chi connectivity index (χ3v) is 4.20. The van der Waals surface area contributed by atoms with Crippen molar-refractivity contribution in [2.45, 2.75) is 58.7 Å². The van der Waals surface area contributed by atoms with Crippen LogP contribution in [0.4, 0.5) is 5.95 Å². The number of nitrogens with one attached hydrogen (secondary N) is 2. The Morgan fingerprint density at radius 2 is 1.96 bits per heavy atom. The number of hydroxylamine groups is 1. The number of carbonyl (C=O) groups is 2. The molecular formula is C16H27N5O5. The second-order valence-corrected chi connectivity index (χ2v) is 7.12. The number of ketones is 2. The molecule has 1 aromatic heterocycles. The zero-order valence-electron chi connectivity index (χ0n) is 16.0. The van der Waals surface area contributed by atoms with Gasteiger partial charge in [0, 0.05) is 6.54 Å². The van der Waals surface area contributed by atoms with Crippen LogP contribution < -0.4 is 10.8 Å². The fourth-order valence-corrected chi connectivity index (χ4v) is 2.20. The van der Waals surface area contributed by atoms with Crippen LogP contribution in [0.25, 0.3) is 0 Å². The molecule has 0 radical (unpaired) electrons. The molecule has 10 heteroatoms. The minimum absolute atomic E-state index is 0.0586. The van der Waals surface area contributed by atoms with Gasteiger partial charge in [-0.2, -0.15) is 5.48 Å². The average molecular weight is 369 g/mol. The van der Waals surface area contributed by atoms with Crippen LogP contribution >= 0.6 is 0 Å². The Hall–Kier alpha value is -2.17. The number of hydrogen-bond acceptors (Lipinski definition) is 8. The summed E-state index contributed by atoms with van der Waals surface area (Å²) in [5.74, 6) is -0.659. The van der Waals surface area contributed by atoms with Gasteiger partial charge >= 0.3 is 5.95 Å². The van der Waals surface area contributed by atoms with Crippen molar-refractivity contribution in [2.24, 2.45) is 0 Å². The summed E-state index contributed by atoms with van der Waals surface area (Å²) >= 11 is 0. The van der Waals surface area contributed by atoms with Crippen LogP contribution in [0.15, 0.2) is 12.4 Å². The Balaban J connectivity index is 2.58. The Bertz CT molecular complexity index is 668. The van der Waals surface area contributed by atoms with E-state index in [1.807, 2.05) is 0 Å². The molecule has 2 N–H and O–H groups in total. The SMILES string of the molecule is CC(=O)C(C)(C)NOCCNC(C)(C)C(=O)C(C)n1ccnc1[N+](=O)[O-]. The number of hydrogen-bond donors (Lipinski definition) is 2. The Morgan fingerprint density at radius 3 is 2.50 bits per heavy atom. The number of Topliss-reactive ketones (excluding diaryl/α,β-unsaturated/α-hetero) is 2. The molecule has 1 atom stereocenters. The number of rotatable bonds is 11. The molecule has 1 heterocycles. The van der Waals surface area contributed by atoms with Crippen LogP contribution in [0.2, 0.25) is 0 Å². The summed E-state index contributed by atoms with van der Waals surface area (Å²) in [7, 11) is 0. The molecule has 0 fully saturated rings. The fourth-order valence-electron chi connectivity index (χ4n) is 2.20. The van der Waals surface area contributed by atoms with Crippen molar-refractivity contribution < 1.29 is 19.3 Å². The van der Waals surface area contributed by atoms with Crippen LogP contribution in [0.5, 0.6) is 0 Å². The van der Waals surface area contributed by atoms with Crippen molar-refractivity contribution in [3.8, 4) is 0 Å². The minimum atomic E-state index is -0.934. The van der Waals surface area contributed by atoms with Crippen molar-refractivity contribution in [1.29, 1.82) is 0 Å². The molecule has 0 aliphatic carbocycles. The van der Waals surface area contributed by atoms with Gasteiger partial charge in [-0.3, -0.25) is 14.4 Å². The maximum Gasteiger partial charge on any atom is 0.435 e. The van der Waals surface area contributed by atoms with E-state index in [4.69, 9.17) is 4.84 Å². The summed E-state index contributed by atoms with van der Waals surface area (Å²) in [6.07, 6.45) is 2.70. The lowest BCUT2D eigenvalue weighted by Crippen LogP contribution is -2.51. The number of nitro groups is 1. The molecule has 10 nitrogen and oxygen atoms in total. The predicted molar refractivity (Wildman–Crippen MR) is 94.5 cm³/mol. The minimum Gasteiger partial charge on any atom is -0.390 e. The lowest BCUT2D eigenvalue weighted by molar-refractivity contribution is -0.397. The molecule has 1 aromatic rings. The molecule has 0 aliphatic heterocycles. The summed E-state index contributed by atoms with van der Waals surface area (Å²) in [6, 6.07) is -0.754. The highest BCUT2D eigenvalue weighted by atomic mass is 16.6. The third kappa shape index (κ3) is 5.41. The van der Waals surface area contributed by atoms with Crippen molar-refractivity contribution >= 4 is 17.5 Å². The third-order valence-electron chi connectivity index (χ3n) is 4.20. The Morgan fingerprint density at radius 1 is 1.35 bits per heavy atom. The van der Waals surface area contributed by atoms with E-state index in [1.165, 1.54) is 23.9 Å². The number of nitrogens with zero attached hydrogens (tertiary/aromatic N) is 3. The van der Waals surface area contributed by atoms with Gasteiger partial charge in [0.1, 0.15) is 18.4 Å². The molecule has 0 bridgehead atoms. The maximum absolute atomic E-state index is 12.7. The zero-order valence-corrected chi connectivity index (χ0v) is 16.0. The molecule has 0 aromatic carbocycles. The smallest absolute Gasteiger partial charge is 0.390 e. The van der Waals surface area contributed by atoms with Crippen LogP contribution in [-0.4, -0.2) is 50.3 Å². The van der Waals surface area contributed by atoms with Crippen LogP contribution in [0.3, 0.4) is 0 Å². The van der Waals surface area contributed by atoms with E-state index in [1.54, 1.807) is 34.6 Å². The topological polar surface area (TPSA) is 128 Å². The van der Waals surface area contributed by atoms with Gasteiger partial charge in [0.15, 0.2) is 11.6 Å². The molecule has 1 unspecified atom stereocenters. The first kappa shape index (κ1) is 21.9. The van der Waals surface area contributed by atoms with E-state index in [0.29, 0.717) is 6.54 Å². The highest BCUT2D eigenvalue weighted by molar-refractivity contribution is 5.91. The van der Waals surface area contributed by atoms with Gasteiger partial charge in [-0.1, -0.05) is 4.98 Å². The van der Waals surface area contributed by atoms with E-state index in [9.17, 15) is 19.7 Å². The van der Waals surface area contributed by atoms with Crippen LogP contribution in [0.1, 0.15) is 47.6 Å². The quantitative estimate of drug-likeness (QED) is 0.338. The first-order chi connectivity index (χ1) is 11.9. The second kappa shape index (κ2) is 8.47. The Labute approximate surface area is 152 Å². The monoisotopic (exact) mass is 369 g/mol. The predicted octanol–water partition coefficient (Wildman–Crippen LogP) is 1.18. The van der Waals surface area contributed by atoms with Gasteiger partial charge < -0.3 is 15.4 Å². The van der Waals surface area contributed by atoms with E-state index in [2.05, 4.69) is 15.8 Å². The molecule has 0 aliphatic rings. The largest absolute Gasteiger partial charge is 0.435 e. The van der Waals surface area contributed by atoms with Gasteiger partial charge in [-0.25, -0.2) is 4.57 Å². The highest BCUT2D eigenvalue weighted by Gasteiger charge is 2.35. The highest BCUT2D eigenvalue weighted by Crippen LogP contribution is 2.21. The standard InChI is InChI=1S/C16H27N5O5/c1-11(20-9-7-17-14(20)21(24)25)13(23)16(5,6)18-8-10-26-19-15(3,4)12(2)22/h7,9,11,18-19H,8,10H2,1-6H3. The average Bonchev–Trinajstić information content (AvgIpc) is 3.02. The lowest BCUT2D eigenvalue weighted by Gasteiger charge is -2.28. The molecule has 146 valence electrons. The molecule has 0 amide bonds.